The van der Waals surface area contributed by atoms with Crippen LogP contribution in [0.5, 0.6) is 0 Å². The predicted molar refractivity (Wildman–Crippen MR) is 89.0 cm³/mol. The van der Waals surface area contributed by atoms with Crippen molar-refractivity contribution in [2.45, 2.75) is 4.90 Å². The van der Waals surface area contributed by atoms with Crippen molar-refractivity contribution >= 4 is 15.8 Å². The zero-order valence-corrected chi connectivity index (χ0v) is 14.2. The third-order valence-corrected chi connectivity index (χ3v) is 4.77. The van der Waals surface area contributed by atoms with Gasteiger partial charge in [-0.05, 0) is 30.3 Å². The molecule has 0 saturated heterocycles. The number of aromatic nitrogens is 2. The van der Waals surface area contributed by atoms with Crippen LogP contribution < -0.4 is 0 Å². The average Bonchev–Trinajstić information content (AvgIpc) is 2.99. The van der Waals surface area contributed by atoms with E-state index < -0.39 is 27.4 Å². The SMILES string of the molecule is CS(=O)(=O)c1ccc(-c2cc(C(=O)O)nn2-c2ccc(F)cc2F)cc1. The van der Waals surface area contributed by atoms with E-state index in [0.29, 0.717) is 11.6 Å². The second-order valence-electron chi connectivity index (χ2n) is 5.52. The number of nitrogens with zero attached hydrogens (tertiary/aromatic N) is 2. The van der Waals surface area contributed by atoms with Gasteiger partial charge >= 0.3 is 5.97 Å². The van der Waals surface area contributed by atoms with Gasteiger partial charge in [-0.3, -0.25) is 0 Å². The lowest BCUT2D eigenvalue weighted by molar-refractivity contribution is 0.0690. The molecular weight excluding hydrogens is 366 g/mol. The highest BCUT2D eigenvalue weighted by molar-refractivity contribution is 7.90. The molecule has 0 aliphatic carbocycles. The van der Waals surface area contributed by atoms with Gasteiger partial charge in [0, 0.05) is 17.9 Å². The van der Waals surface area contributed by atoms with Crippen LogP contribution in [0.3, 0.4) is 0 Å². The van der Waals surface area contributed by atoms with E-state index in [1.54, 1.807) is 0 Å². The molecule has 0 fully saturated rings. The minimum absolute atomic E-state index is 0.0822. The Morgan fingerprint density at radius 3 is 2.27 bits per heavy atom. The standard InChI is InChI=1S/C17H12F2N2O4S/c1-26(24,25)12-5-2-10(3-6-12)16-9-14(17(22)23)20-21(16)15-7-4-11(18)8-13(15)19/h2-9H,1H3,(H,22,23). The van der Waals surface area contributed by atoms with E-state index >= 15 is 0 Å². The molecule has 0 bridgehead atoms. The van der Waals surface area contributed by atoms with Crippen molar-refractivity contribution in [3.63, 3.8) is 0 Å². The van der Waals surface area contributed by atoms with Gasteiger partial charge in [0.05, 0.1) is 10.6 Å². The normalized spacial score (nSPS) is 11.5. The fourth-order valence-electron chi connectivity index (χ4n) is 2.40. The van der Waals surface area contributed by atoms with E-state index in [9.17, 15) is 27.1 Å². The Hall–Kier alpha value is -3.07. The Morgan fingerprint density at radius 2 is 1.73 bits per heavy atom. The first-order valence-electron chi connectivity index (χ1n) is 7.26. The summed E-state index contributed by atoms with van der Waals surface area (Å²) in [5.41, 5.74) is 0.158. The van der Waals surface area contributed by atoms with Gasteiger partial charge in [-0.15, -0.1) is 0 Å². The molecule has 0 amide bonds. The molecule has 0 atom stereocenters. The summed E-state index contributed by atoms with van der Waals surface area (Å²) in [7, 11) is -3.40. The van der Waals surface area contributed by atoms with Crippen molar-refractivity contribution in [3.8, 4) is 16.9 Å². The number of hydrogen-bond acceptors (Lipinski definition) is 4. The summed E-state index contributed by atoms with van der Waals surface area (Å²) >= 11 is 0. The minimum Gasteiger partial charge on any atom is -0.476 e. The summed E-state index contributed by atoms with van der Waals surface area (Å²) in [5, 5.41) is 13.0. The van der Waals surface area contributed by atoms with Crippen molar-refractivity contribution in [1.82, 2.24) is 9.78 Å². The van der Waals surface area contributed by atoms with Gasteiger partial charge in [0.15, 0.2) is 21.3 Å². The second-order valence-corrected chi connectivity index (χ2v) is 7.54. The van der Waals surface area contributed by atoms with Crippen LogP contribution in [0.25, 0.3) is 16.9 Å². The number of carboxylic acids is 1. The number of sulfone groups is 1. The molecule has 0 spiro atoms. The van der Waals surface area contributed by atoms with Crippen LogP contribution >= 0.6 is 0 Å². The average molecular weight is 378 g/mol. The highest BCUT2D eigenvalue weighted by Gasteiger charge is 2.19. The molecule has 3 rings (SSSR count). The summed E-state index contributed by atoms with van der Waals surface area (Å²) in [6, 6.07) is 9.66. The molecule has 3 aromatic rings. The number of hydrogen-bond donors (Lipinski definition) is 1. The van der Waals surface area contributed by atoms with Gasteiger partial charge in [0.25, 0.3) is 0 Å². The Morgan fingerprint density at radius 1 is 1.08 bits per heavy atom. The van der Waals surface area contributed by atoms with Crippen molar-refractivity contribution in [1.29, 1.82) is 0 Å². The first-order valence-corrected chi connectivity index (χ1v) is 9.15. The Kier molecular flexibility index (Phi) is 4.33. The van der Waals surface area contributed by atoms with E-state index in [-0.39, 0.29) is 22.0 Å². The zero-order valence-electron chi connectivity index (χ0n) is 13.3. The lowest BCUT2D eigenvalue weighted by Crippen LogP contribution is -2.05. The molecule has 0 saturated carbocycles. The summed E-state index contributed by atoms with van der Waals surface area (Å²) < 4.78 is 51.4. The molecule has 9 heteroatoms. The Labute approximate surface area is 147 Å². The van der Waals surface area contributed by atoms with Gasteiger partial charge in [0.1, 0.15) is 11.5 Å². The van der Waals surface area contributed by atoms with Crippen LogP contribution in [0, 0.1) is 11.6 Å². The fourth-order valence-corrected chi connectivity index (χ4v) is 3.03. The number of carboxylic acid groups (broad SMARTS) is 1. The molecule has 2 aromatic carbocycles. The Balaban J connectivity index is 2.19. The number of halogens is 2. The topological polar surface area (TPSA) is 89.3 Å². The lowest BCUT2D eigenvalue weighted by Gasteiger charge is -2.09. The van der Waals surface area contributed by atoms with Crippen LogP contribution in [-0.4, -0.2) is 35.5 Å². The summed E-state index contributed by atoms with van der Waals surface area (Å²) in [4.78, 5) is 11.3. The van der Waals surface area contributed by atoms with E-state index in [1.165, 1.54) is 30.3 Å². The third-order valence-electron chi connectivity index (χ3n) is 3.64. The van der Waals surface area contributed by atoms with Crippen LogP contribution in [0.15, 0.2) is 53.4 Å². The molecule has 6 nitrogen and oxygen atoms in total. The smallest absolute Gasteiger partial charge is 0.356 e. The Bertz CT molecular complexity index is 1110. The molecule has 0 aliphatic rings. The number of carbonyl (C=O) groups is 1. The van der Waals surface area contributed by atoms with E-state index in [2.05, 4.69) is 5.10 Å². The van der Waals surface area contributed by atoms with Gasteiger partial charge in [-0.1, -0.05) is 12.1 Å². The van der Waals surface area contributed by atoms with Gasteiger partial charge in [0.2, 0.25) is 0 Å². The first-order chi connectivity index (χ1) is 12.2. The largest absolute Gasteiger partial charge is 0.476 e. The van der Waals surface area contributed by atoms with Gasteiger partial charge in [-0.2, -0.15) is 5.10 Å². The van der Waals surface area contributed by atoms with Crippen molar-refractivity contribution in [2.75, 3.05) is 6.26 Å². The van der Waals surface area contributed by atoms with Crippen molar-refractivity contribution < 1.29 is 27.1 Å². The third kappa shape index (κ3) is 3.33. The predicted octanol–water partition coefficient (Wildman–Crippen LogP) is 2.92. The van der Waals surface area contributed by atoms with Crippen LogP contribution in [0.2, 0.25) is 0 Å². The van der Waals surface area contributed by atoms with E-state index in [4.69, 9.17) is 0 Å². The summed E-state index contributed by atoms with van der Waals surface area (Å²) in [5.74, 6) is -3.02. The van der Waals surface area contributed by atoms with Gasteiger partial charge in [-0.25, -0.2) is 26.7 Å². The zero-order chi connectivity index (χ0) is 19.1. The number of rotatable bonds is 4. The van der Waals surface area contributed by atoms with Crippen molar-refractivity contribution in [2.24, 2.45) is 0 Å². The highest BCUT2D eigenvalue weighted by Crippen LogP contribution is 2.27. The van der Waals surface area contributed by atoms with E-state index in [1.807, 2.05) is 0 Å². The molecule has 0 unspecified atom stereocenters. The first kappa shape index (κ1) is 17.7. The molecule has 1 heterocycles. The van der Waals surface area contributed by atoms with Crippen LogP contribution in [0.1, 0.15) is 10.5 Å². The van der Waals surface area contributed by atoms with Crippen LogP contribution in [-0.2, 0) is 9.84 Å². The molecule has 1 N–H and O–H groups in total. The maximum absolute atomic E-state index is 14.1. The molecule has 134 valence electrons. The van der Waals surface area contributed by atoms with Gasteiger partial charge < -0.3 is 5.11 Å². The summed E-state index contributed by atoms with van der Waals surface area (Å²) in [6.07, 6.45) is 1.06. The molecule has 26 heavy (non-hydrogen) atoms. The minimum atomic E-state index is -3.40. The van der Waals surface area contributed by atoms with Crippen LogP contribution in [0.4, 0.5) is 8.78 Å². The maximum atomic E-state index is 14.1. The fraction of sp³-hybridized carbons (Fsp3) is 0.0588. The monoisotopic (exact) mass is 378 g/mol. The molecule has 0 aliphatic heterocycles. The molecular formula is C17H12F2N2O4S. The molecule has 1 aromatic heterocycles. The summed E-state index contributed by atoms with van der Waals surface area (Å²) in [6.45, 7) is 0. The lowest BCUT2D eigenvalue weighted by atomic mass is 10.1. The second kappa shape index (κ2) is 6.34. The van der Waals surface area contributed by atoms with E-state index in [0.717, 1.165) is 23.1 Å². The quantitative estimate of drug-likeness (QED) is 0.754. The number of aromatic carboxylic acids is 1. The molecule has 0 radical (unpaired) electrons. The van der Waals surface area contributed by atoms with Crippen molar-refractivity contribution in [3.05, 3.63) is 65.9 Å². The maximum Gasteiger partial charge on any atom is 0.356 e. The number of benzene rings is 2. The highest BCUT2D eigenvalue weighted by atomic mass is 32.2.